The summed E-state index contributed by atoms with van der Waals surface area (Å²) in [5.74, 6) is 0.711. The number of benzene rings is 2. The molecule has 0 saturated carbocycles. The topological polar surface area (TPSA) is 66.0 Å². The molecule has 0 aliphatic carbocycles. The van der Waals surface area contributed by atoms with E-state index in [9.17, 15) is 4.79 Å². The highest BCUT2D eigenvalue weighted by Crippen LogP contribution is 2.19. The van der Waals surface area contributed by atoms with E-state index in [4.69, 9.17) is 12.2 Å². The van der Waals surface area contributed by atoms with Gasteiger partial charge in [-0.25, -0.2) is 0 Å². The average molecular weight is 436 g/mol. The third-order valence-corrected chi connectivity index (χ3v) is 6.10. The molecule has 0 spiro atoms. The lowest BCUT2D eigenvalue weighted by Gasteiger charge is -2.14. The van der Waals surface area contributed by atoms with Crippen LogP contribution in [0.2, 0.25) is 0 Å². The Morgan fingerprint density at radius 2 is 1.77 bits per heavy atom. The highest BCUT2D eigenvalue weighted by molar-refractivity contribution is 7.71. The molecule has 0 radical (unpaired) electrons. The first-order chi connectivity index (χ1) is 15.1. The van der Waals surface area contributed by atoms with Crippen LogP contribution in [0.5, 0.6) is 0 Å². The molecule has 1 fully saturated rings. The molecule has 1 aromatic heterocycles. The number of nitrogens with zero attached hydrogens (tertiary/aromatic N) is 3. The quantitative estimate of drug-likeness (QED) is 0.508. The first kappa shape index (κ1) is 21.5. The summed E-state index contributed by atoms with van der Waals surface area (Å²) in [5.41, 5.74) is 4.29. The van der Waals surface area contributed by atoms with E-state index in [1.165, 1.54) is 37.1 Å². The Morgan fingerprint density at radius 3 is 2.48 bits per heavy atom. The average Bonchev–Trinajstić information content (AvgIpc) is 3.42. The highest BCUT2D eigenvalue weighted by atomic mass is 32.1. The number of aromatic amines is 1. The van der Waals surface area contributed by atoms with Crippen LogP contribution in [0.25, 0.3) is 11.4 Å². The maximum absolute atomic E-state index is 12.5. The predicted molar refractivity (Wildman–Crippen MR) is 127 cm³/mol. The van der Waals surface area contributed by atoms with E-state index in [0.29, 0.717) is 17.7 Å². The number of carbonyl (C=O) groups excluding carboxylic acids is 1. The van der Waals surface area contributed by atoms with E-state index in [-0.39, 0.29) is 5.91 Å². The van der Waals surface area contributed by atoms with Crippen molar-refractivity contribution in [1.29, 1.82) is 0 Å². The van der Waals surface area contributed by atoms with Crippen LogP contribution >= 0.6 is 12.2 Å². The molecule has 162 valence electrons. The monoisotopic (exact) mass is 435 g/mol. The van der Waals surface area contributed by atoms with E-state index < -0.39 is 0 Å². The standard InChI is InChI=1S/C24H29N5OS/c1-18-4-8-20(9-5-18)23-26-27-24(31)29(23)17-13-22(30)25-21-10-6-19(7-11-21)12-16-28-14-2-3-15-28/h4-11H,2-3,12-17H2,1H3,(H,25,30)(H,27,31). The third kappa shape index (κ3) is 5.68. The van der Waals surface area contributed by atoms with Gasteiger partial charge in [0.15, 0.2) is 10.6 Å². The zero-order valence-electron chi connectivity index (χ0n) is 17.9. The van der Waals surface area contributed by atoms with Crippen LogP contribution in [0.3, 0.4) is 0 Å². The second kappa shape index (κ2) is 10.0. The molecule has 0 bridgehead atoms. The van der Waals surface area contributed by atoms with Gasteiger partial charge < -0.3 is 10.2 Å². The Kier molecular flexibility index (Phi) is 6.94. The molecule has 2 N–H and O–H groups in total. The smallest absolute Gasteiger partial charge is 0.226 e. The summed E-state index contributed by atoms with van der Waals surface area (Å²) in [6.07, 6.45) is 4.02. The van der Waals surface area contributed by atoms with E-state index >= 15 is 0 Å². The van der Waals surface area contributed by atoms with Gasteiger partial charge in [-0.1, -0.05) is 42.0 Å². The van der Waals surface area contributed by atoms with Gasteiger partial charge in [0, 0.05) is 30.8 Å². The number of aryl methyl sites for hydroxylation is 1. The van der Waals surface area contributed by atoms with Crippen molar-refractivity contribution in [2.45, 2.75) is 39.2 Å². The zero-order chi connectivity index (χ0) is 21.6. The van der Waals surface area contributed by atoms with Crippen molar-refractivity contribution in [2.75, 3.05) is 25.0 Å². The molecule has 2 aromatic carbocycles. The minimum Gasteiger partial charge on any atom is -0.326 e. The largest absolute Gasteiger partial charge is 0.326 e. The van der Waals surface area contributed by atoms with Gasteiger partial charge >= 0.3 is 0 Å². The summed E-state index contributed by atoms with van der Waals surface area (Å²) in [7, 11) is 0. The Hall–Kier alpha value is -2.77. The Bertz CT molecular complexity index is 1060. The van der Waals surface area contributed by atoms with E-state index in [1.54, 1.807) is 0 Å². The molecule has 4 rings (SSSR count). The zero-order valence-corrected chi connectivity index (χ0v) is 18.8. The molecule has 31 heavy (non-hydrogen) atoms. The van der Waals surface area contributed by atoms with Gasteiger partial charge in [0.05, 0.1) is 0 Å². The van der Waals surface area contributed by atoms with Gasteiger partial charge in [-0.2, -0.15) is 5.10 Å². The van der Waals surface area contributed by atoms with Crippen LogP contribution in [0, 0.1) is 11.7 Å². The molecule has 2 heterocycles. The van der Waals surface area contributed by atoms with Crippen LogP contribution in [0.4, 0.5) is 5.69 Å². The molecule has 0 unspecified atom stereocenters. The Balaban J connectivity index is 1.31. The van der Waals surface area contributed by atoms with Gasteiger partial charge in [-0.15, -0.1) is 0 Å². The van der Waals surface area contributed by atoms with E-state index in [0.717, 1.165) is 30.0 Å². The van der Waals surface area contributed by atoms with Gasteiger partial charge in [-0.3, -0.25) is 14.5 Å². The Morgan fingerprint density at radius 1 is 1.06 bits per heavy atom. The number of H-pyrrole nitrogens is 1. The molecule has 1 aliphatic rings. The first-order valence-electron chi connectivity index (χ1n) is 10.9. The summed E-state index contributed by atoms with van der Waals surface area (Å²) >= 11 is 5.37. The lowest BCUT2D eigenvalue weighted by molar-refractivity contribution is -0.116. The van der Waals surface area contributed by atoms with Crippen LogP contribution < -0.4 is 5.32 Å². The molecule has 1 amide bonds. The summed E-state index contributed by atoms with van der Waals surface area (Å²) in [4.78, 5) is 15.0. The molecular formula is C24H29N5OS. The number of amides is 1. The van der Waals surface area contributed by atoms with Gasteiger partial charge in [-0.05, 0) is 69.2 Å². The van der Waals surface area contributed by atoms with Crippen LogP contribution in [-0.2, 0) is 17.8 Å². The molecular weight excluding hydrogens is 406 g/mol. The number of rotatable bonds is 8. The number of nitrogens with one attached hydrogen (secondary N) is 2. The minimum absolute atomic E-state index is 0.0391. The van der Waals surface area contributed by atoms with Crippen molar-refractivity contribution in [3.8, 4) is 11.4 Å². The minimum atomic E-state index is -0.0391. The van der Waals surface area contributed by atoms with Crippen molar-refractivity contribution in [1.82, 2.24) is 19.7 Å². The lowest BCUT2D eigenvalue weighted by Crippen LogP contribution is -2.21. The maximum atomic E-state index is 12.5. The number of likely N-dealkylation sites (tertiary alicyclic amines) is 1. The number of hydrogen-bond acceptors (Lipinski definition) is 4. The SMILES string of the molecule is Cc1ccc(-c2n[nH]c(=S)n2CCC(=O)Nc2ccc(CCN3CCCC3)cc2)cc1. The van der Waals surface area contributed by atoms with Crippen molar-refractivity contribution < 1.29 is 4.79 Å². The van der Waals surface area contributed by atoms with Gasteiger partial charge in [0.2, 0.25) is 5.91 Å². The van der Waals surface area contributed by atoms with Crippen molar-refractivity contribution in [3.63, 3.8) is 0 Å². The van der Waals surface area contributed by atoms with Gasteiger partial charge in [0.1, 0.15) is 0 Å². The number of anilines is 1. The Labute approximate surface area is 188 Å². The summed E-state index contributed by atoms with van der Waals surface area (Å²) < 4.78 is 2.40. The summed E-state index contributed by atoms with van der Waals surface area (Å²) in [5, 5.41) is 10.2. The number of carbonyl (C=O) groups is 1. The number of aromatic nitrogens is 3. The summed E-state index contributed by atoms with van der Waals surface area (Å²) in [6, 6.07) is 16.3. The highest BCUT2D eigenvalue weighted by Gasteiger charge is 2.12. The second-order valence-electron chi connectivity index (χ2n) is 8.16. The van der Waals surface area contributed by atoms with E-state index in [2.05, 4.69) is 32.5 Å². The molecule has 1 aliphatic heterocycles. The second-order valence-corrected chi connectivity index (χ2v) is 8.55. The van der Waals surface area contributed by atoms with Gasteiger partial charge in [0.25, 0.3) is 0 Å². The molecule has 6 nitrogen and oxygen atoms in total. The van der Waals surface area contributed by atoms with Crippen LogP contribution in [-0.4, -0.2) is 45.2 Å². The molecule has 7 heteroatoms. The third-order valence-electron chi connectivity index (χ3n) is 5.78. The maximum Gasteiger partial charge on any atom is 0.226 e. The lowest BCUT2D eigenvalue weighted by atomic mass is 10.1. The predicted octanol–water partition coefficient (Wildman–Crippen LogP) is 4.58. The molecule has 0 atom stereocenters. The van der Waals surface area contributed by atoms with Crippen LogP contribution in [0.1, 0.15) is 30.4 Å². The van der Waals surface area contributed by atoms with Crippen LogP contribution in [0.15, 0.2) is 48.5 Å². The normalized spacial score (nSPS) is 14.1. The molecule has 3 aromatic rings. The fourth-order valence-corrected chi connectivity index (χ4v) is 4.16. The van der Waals surface area contributed by atoms with Crippen molar-refractivity contribution in [3.05, 3.63) is 64.4 Å². The van der Waals surface area contributed by atoms with E-state index in [1.807, 2.05) is 47.9 Å². The molecule has 1 saturated heterocycles. The fourth-order valence-electron chi connectivity index (χ4n) is 3.93. The summed E-state index contributed by atoms with van der Waals surface area (Å²) in [6.45, 7) is 6.07. The fraction of sp³-hybridized carbons (Fsp3) is 0.375. The van der Waals surface area contributed by atoms with Crippen molar-refractivity contribution >= 4 is 23.8 Å². The first-order valence-corrected chi connectivity index (χ1v) is 11.3. The van der Waals surface area contributed by atoms with Crippen molar-refractivity contribution in [2.24, 2.45) is 0 Å². The number of hydrogen-bond donors (Lipinski definition) is 2.